The van der Waals surface area contributed by atoms with Crippen LogP contribution in [-0.2, 0) is 0 Å². The Morgan fingerprint density at radius 1 is 0.233 bits per heavy atom. The number of benzene rings is 16. The quantitative estimate of drug-likeness (QED) is 0.122. The van der Waals surface area contributed by atoms with Crippen LogP contribution in [0.1, 0.15) is 0 Å². The summed E-state index contributed by atoms with van der Waals surface area (Å²) in [7, 11) is 0. The van der Waals surface area contributed by atoms with Crippen molar-refractivity contribution < 1.29 is 4.42 Å². The molecule has 0 saturated heterocycles. The minimum absolute atomic E-state index is 0.889. The number of hydrogen-bond acceptors (Lipinski definition) is 5. The molecule has 5 heterocycles. The molecule has 0 spiro atoms. The van der Waals surface area contributed by atoms with Gasteiger partial charge in [0.05, 0.1) is 38.1 Å². The van der Waals surface area contributed by atoms with Crippen LogP contribution in [0.25, 0.3) is 162 Å². The number of para-hydroxylation sites is 5. The van der Waals surface area contributed by atoms with Crippen molar-refractivity contribution >= 4 is 163 Å². The molecule has 482 valence electrons. The van der Waals surface area contributed by atoms with Gasteiger partial charge in [0.25, 0.3) is 0 Å². The van der Waals surface area contributed by atoms with E-state index in [-0.39, 0.29) is 0 Å². The predicted octanol–water partition coefficient (Wildman–Crippen LogP) is 28.1. The summed E-state index contributed by atoms with van der Waals surface area (Å²) in [4.78, 5) is 4.79. The molecule has 0 radical (unpaired) electrons. The third-order valence-electron chi connectivity index (χ3n) is 20.9. The van der Waals surface area contributed by atoms with E-state index in [0.717, 1.165) is 95.2 Å². The first-order valence-electron chi connectivity index (χ1n) is 35.0. The summed E-state index contributed by atoms with van der Waals surface area (Å²) in [5.41, 5.74) is 24.6. The van der Waals surface area contributed by atoms with E-state index in [4.69, 9.17) is 4.42 Å². The second-order valence-corrected chi connectivity index (χ2v) is 28.9. The molecular weight excluding hydrogens is 1290 g/mol. The molecule has 0 aliphatic carbocycles. The molecule has 16 aromatic carbocycles. The van der Waals surface area contributed by atoms with Crippen LogP contribution >= 0.6 is 22.7 Å². The van der Waals surface area contributed by atoms with Gasteiger partial charge in [-0.15, -0.1) is 22.7 Å². The first-order valence-corrected chi connectivity index (χ1v) is 36.6. The maximum Gasteiger partial charge on any atom is 0.159 e. The average molecular weight is 1350 g/mol. The van der Waals surface area contributed by atoms with Crippen molar-refractivity contribution in [2.45, 2.75) is 0 Å². The number of thiophene rings is 2. The van der Waals surface area contributed by atoms with E-state index >= 15 is 0 Å². The lowest BCUT2D eigenvalue weighted by Gasteiger charge is -2.27. The maximum absolute atomic E-state index is 6.63. The number of rotatable bonds is 12. The second-order valence-electron chi connectivity index (χ2n) is 26.7. The summed E-state index contributed by atoms with van der Waals surface area (Å²) >= 11 is 3.73. The molecule has 103 heavy (non-hydrogen) atoms. The highest BCUT2D eigenvalue weighted by Crippen LogP contribution is 2.48. The highest BCUT2D eigenvalue weighted by Gasteiger charge is 2.23. The minimum atomic E-state index is 0.889. The number of furan rings is 1. The molecule has 0 amide bonds. The van der Waals surface area contributed by atoms with Crippen LogP contribution in [0.15, 0.2) is 368 Å². The molecular formula is C96H60N4OS2. The molecule has 0 aliphatic heterocycles. The Labute approximate surface area is 601 Å². The summed E-state index contributed by atoms with van der Waals surface area (Å²) in [6, 6.07) is 133. The van der Waals surface area contributed by atoms with Gasteiger partial charge in [-0.25, -0.2) is 0 Å². The van der Waals surface area contributed by atoms with Crippen molar-refractivity contribution in [3.63, 3.8) is 0 Å². The fourth-order valence-electron chi connectivity index (χ4n) is 16.1. The van der Waals surface area contributed by atoms with E-state index < -0.39 is 0 Å². The van der Waals surface area contributed by atoms with Crippen LogP contribution in [0.5, 0.6) is 0 Å². The first-order chi connectivity index (χ1) is 51.0. The van der Waals surface area contributed by atoms with Gasteiger partial charge in [0.15, 0.2) is 5.58 Å². The van der Waals surface area contributed by atoms with E-state index in [0.29, 0.717) is 0 Å². The van der Waals surface area contributed by atoms with Crippen LogP contribution < -0.4 is 9.80 Å². The Balaban J connectivity index is 0.609. The fraction of sp³-hybridized carbons (Fsp3) is 0. The van der Waals surface area contributed by atoms with Gasteiger partial charge in [-0.05, 0) is 190 Å². The summed E-state index contributed by atoms with van der Waals surface area (Å²) in [6.07, 6.45) is 0. The third-order valence-corrected chi connectivity index (χ3v) is 23.3. The maximum atomic E-state index is 6.63. The number of aromatic nitrogens is 2. The molecule has 5 nitrogen and oxygen atoms in total. The zero-order valence-corrected chi connectivity index (χ0v) is 57.3. The SMILES string of the molecule is c1ccc(-c2ccc(N(c3ccccc3)c3ccc(-c4ccc5c(c4)c4ccccc4n5-c4ccc5sc6cc(-c7cccc(N(c8ccc(-c9ccc%10c(c9)c9ccccc9n%10-c9cccc%10c9oc9ccccc9%10)cc8)c8cccc9c8sc8ccccc89)c7)ccc6c5c4)cc3)cc2)cc1. The Morgan fingerprint density at radius 3 is 1.42 bits per heavy atom. The van der Waals surface area contributed by atoms with Crippen molar-refractivity contribution in [2.75, 3.05) is 9.80 Å². The molecule has 0 unspecified atom stereocenters. The molecule has 0 bridgehead atoms. The molecule has 21 rings (SSSR count). The smallest absolute Gasteiger partial charge is 0.159 e. The number of hydrogen-bond donors (Lipinski definition) is 0. The largest absolute Gasteiger partial charge is 0.454 e. The van der Waals surface area contributed by atoms with E-state index in [1.54, 1.807) is 0 Å². The van der Waals surface area contributed by atoms with Gasteiger partial charge in [-0.1, -0.05) is 218 Å². The highest BCUT2D eigenvalue weighted by molar-refractivity contribution is 7.26. The van der Waals surface area contributed by atoms with Crippen molar-refractivity contribution in [2.24, 2.45) is 0 Å². The van der Waals surface area contributed by atoms with Gasteiger partial charge in [0.2, 0.25) is 0 Å². The van der Waals surface area contributed by atoms with E-state index in [1.165, 1.54) is 101 Å². The molecule has 0 N–H and O–H groups in total. The van der Waals surface area contributed by atoms with Crippen LogP contribution in [0.3, 0.4) is 0 Å². The Hall–Kier alpha value is -13.0. The lowest BCUT2D eigenvalue weighted by Crippen LogP contribution is -2.10. The van der Waals surface area contributed by atoms with E-state index in [2.05, 4.69) is 377 Å². The first kappa shape index (κ1) is 58.9. The van der Waals surface area contributed by atoms with Crippen molar-refractivity contribution in [3.05, 3.63) is 364 Å². The molecule has 0 saturated carbocycles. The van der Waals surface area contributed by atoms with Gasteiger partial charge in [0, 0.05) is 102 Å². The van der Waals surface area contributed by atoms with Gasteiger partial charge in [0.1, 0.15) is 5.58 Å². The second kappa shape index (κ2) is 23.8. The van der Waals surface area contributed by atoms with Crippen LogP contribution in [-0.4, -0.2) is 9.13 Å². The molecule has 5 aromatic heterocycles. The lowest BCUT2D eigenvalue weighted by atomic mass is 10.0. The Kier molecular flexibility index (Phi) is 13.6. The summed E-state index contributed by atoms with van der Waals surface area (Å²) in [5, 5.41) is 12.1. The zero-order chi connectivity index (χ0) is 67.6. The zero-order valence-electron chi connectivity index (χ0n) is 55.7. The fourth-order valence-corrected chi connectivity index (χ4v) is 18.4. The lowest BCUT2D eigenvalue weighted by molar-refractivity contribution is 0.666. The number of nitrogens with zero attached hydrogens (tertiary/aromatic N) is 4. The van der Waals surface area contributed by atoms with Crippen LogP contribution in [0, 0.1) is 0 Å². The molecule has 0 fully saturated rings. The normalized spacial score (nSPS) is 11.9. The van der Waals surface area contributed by atoms with Crippen molar-refractivity contribution in [1.82, 2.24) is 9.13 Å². The van der Waals surface area contributed by atoms with Gasteiger partial charge in [-0.2, -0.15) is 0 Å². The average Bonchev–Trinajstić information content (AvgIpc) is 1.85. The molecule has 7 heteroatoms. The Morgan fingerprint density at radius 2 is 0.699 bits per heavy atom. The molecule has 0 atom stereocenters. The Bertz CT molecular complexity index is 6920. The predicted molar refractivity (Wildman–Crippen MR) is 439 cm³/mol. The van der Waals surface area contributed by atoms with Gasteiger partial charge < -0.3 is 23.4 Å². The topological polar surface area (TPSA) is 29.5 Å². The highest BCUT2D eigenvalue weighted by atomic mass is 32.1. The van der Waals surface area contributed by atoms with E-state index in [1.807, 2.05) is 28.7 Å². The van der Waals surface area contributed by atoms with Crippen LogP contribution in [0.2, 0.25) is 0 Å². The summed E-state index contributed by atoms with van der Waals surface area (Å²) < 4.78 is 16.5. The minimum Gasteiger partial charge on any atom is -0.454 e. The molecule has 0 aliphatic rings. The summed E-state index contributed by atoms with van der Waals surface area (Å²) in [6.45, 7) is 0. The van der Waals surface area contributed by atoms with Gasteiger partial charge in [-0.3, -0.25) is 0 Å². The standard InChI is InChI=1S/C96H60N4OS2/c1-3-18-61(19-4-1)62-36-45-70(46-37-62)97(69-21-5-2-6-22-69)71-47-38-63(39-48-71)66-43-53-87-82(57-66)75-24-7-11-30-85(75)99(87)74-51-55-93-84(60-74)79-52-42-68(59-94(79)102-93)65-20-15-23-73(56-65)98(90-33-17-29-81-78-27-10-14-35-92(78)103-96(81)90)72-49-40-64(41-50-72)67-44-54-88-83(58-67)76-25-8-12-31-86(76)100(88)89-32-16-28-80-77-26-9-13-34-91(77)101-95(80)89/h1-60H. The third kappa shape index (κ3) is 9.73. The van der Waals surface area contributed by atoms with Crippen molar-refractivity contribution in [1.29, 1.82) is 0 Å². The van der Waals surface area contributed by atoms with Crippen LogP contribution in [0.4, 0.5) is 34.1 Å². The number of anilines is 6. The molecule has 21 aromatic rings. The summed E-state index contributed by atoms with van der Waals surface area (Å²) in [5.74, 6) is 0. The van der Waals surface area contributed by atoms with Gasteiger partial charge >= 0.3 is 0 Å². The van der Waals surface area contributed by atoms with E-state index in [9.17, 15) is 0 Å². The van der Waals surface area contributed by atoms with Crippen molar-refractivity contribution in [3.8, 4) is 55.9 Å². The number of fused-ring (bicyclic) bond motifs is 15. The monoisotopic (exact) mass is 1350 g/mol.